The van der Waals surface area contributed by atoms with Crippen molar-refractivity contribution in [3.8, 4) is 0 Å². The van der Waals surface area contributed by atoms with Gasteiger partial charge in [0.25, 0.3) is 0 Å². The minimum atomic E-state index is -0.209. The molecule has 0 amide bonds. The Morgan fingerprint density at radius 1 is 1.55 bits per heavy atom. The molecule has 0 aromatic heterocycles. The monoisotopic (exact) mass is 178 g/mol. The van der Waals surface area contributed by atoms with Crippen molar-refractivity contribution in [2.45, 2.75) is 33.2 Å². The molecule has 0 spiro atoms. The van der Waals surface area contributed by atoms with Crippen molar-refractivity contribution >= 4 is 11.6 Å². The maximum atomic E-state index is 5.59. The van der Waals surface area contributed by atoms with Crippen molar-refractivity contribution in [1.82, 2.24) is 0 Å². The van der Waals surface area contributed by atoms with E-state index in [0.29, 0.717) is 5.88 Å². The highest BCUT2D eigenvalue weighted by Crippen LogP contribution is 2.29. The molecule has 1 saturated heterocycles. The van der Waals surface area contributed by atoms with E-state index in [1.54, 1.807) is 0 Å². The molecule has 0 bridgehead atoms. The van der Waals surface area contributed by atoms with Gasteiger partial charge in [0.15, 0.2) is 6.29 Å². The van der Waals surface area contributed by atoms with E-state index in [0.717, 1.165) is 6.61 Å². The molecule has 0 unspecified atom stereocenters. The van der Waals surface area contributed by atoms with Crippen molar-refractivity contribution in [1.29, 1.82) is 0 Å². The molecule has 1 rings (SSSR count). The molecule has 2 atom stereocenters. The summed E-state index contributed by atoms with van der Waals surface area (Å²) in [4.78, 5) is 0. The Bertz CT molecular complexity index is 136. The zero-order valence-electron chi connectivity index (χ0n) is 7.26. The predicted octanol–water partition coefficient (Wildman–Crippen LogP) is 2.01. The number of ether oxygens (including phenoxy) is 2. The third-order valence-electron chi connectivity index (χ3n) is 2.22. The molecule has 66 valence electrons. The fourth-order valence-corrected chi connectivity index (χ4v) is 1.12. The van der Waals surface area contributed by atoms with Gasteiger partial charge in [-0.2, -0.15) is 0 Å². The minimum Gasteiger partial charge on any atom is -0.351 e. The summed E-state index contributed by atoms with van der Waals surface area (Å²) < 4.78 is 10.9. The van der Waals surface area contributed by atoms with Crippen LogP contribution in [-0.4, -0.2) is 24.9 Å². The predicted molar refractivity (Wildman–Crippen MR) is 44.8 cm³/mol. The number of hydrogen-bond acceptors (Lipinski definition) is 2. The lowest BCUT2D eigenvalue weighted by Gasteiger charge is -2.39. The Kier molecular flexibility index (Phi) is 2.79. The summed E-state index contributed by atoms with van der Waals surface area (Å²) in [6.45, 7) is 7.04. The Morgan fingerprint density at radius 3 is 2.64 bits per heavy atom. The van der Waals surface area contributed by atoms with E-state index in [4.69, 9.17) is 21.1 Å². The molecular formula is C8H15ClO2. The molecule has 0 radical (unpaired) electrons. The molecular weight excluding hydrogens is 164 g/mol. The lowest BCUT2D eigenvalue weighted by Crippen LogP contribution is -2.44. The molecule has 2 nitrogen and oxygen atoms in total. The molecule has 1 heterocycles. The van der Waals surface area contributed by atoms with Crippen LogP contribution in [0.2, 0.25) is 0 Å². The van der Waals surface area contributed by atoms with E-state index in [9.17, 15) is 0 Å². The first-order chi connectivity index (χ1) is 5.06. The molecule has 0 aromatic carbocycles. The Hall–Kier alpha value is 0.210. The van der Waals surface area contributed by atoms with Gasteiger partial charge in [-0.15, -0.1) is 11.6 Å². The van der Waals surface area contributed by atoms with Crippen LogP contribution in [0.25, 0.3) is 0 Å². The van der Waals surface area contributed by atoms with E-state index in [1.165, 1.54) is 0 Å². The molecule has 1 aliphatic rings. The molecule has 0 saturated carbocycles. The smallest absolute Gasteiger partial charge is 0.171 e. The quantitative estimate of drug-likeness (QED) is 0.572. The second kappa shape index (κ2) is 3.30. The molecule has 0 aliphatic carbocycles. The molecule has 1 aliphatic heterocycles. The van der Waals surface area contributed by atoms with Gasteiger partial charge in [0.05, 0.1) is 18.6 Å². The van der Waals surface area contributed by atoms with Gasteiger partial charge >= 0.3 is 0 Å². The molecule has 0 aromatic rings. The average molecular weight is 179 g/mol. The number of rotatable bonds is 1. The van der Waals surface area contributed by atoms with Gasteiger partial charge in [0.1, 0.15) is 0 Å². The summed E-state index contributed by atoms with van der Waals surface area (Å²) in [5.74, 6) is 0.417. The Labute approximate surface area is 72.8 Å². The first-order valence-electron chi connectivity index (χ1n) is 3.89. The first-order valence-corrected chi connectivity index (χ1v) is 4.43. The van der Waals surface area contributed by atoms with Crippen LogP contribution >= 0.6 is 11.6 Å². The van der Waals surface area contributed by atoms with Crippen molar-refractivity contribution in [2.75, 3.05) is 12.5 Å². The zero-order valence-corrected chi connectivity index (χ0v) is 8.02. The van der Waals surface area contributed by atoms with Crippen molar-refractivity contribution < 1.29 is 9.47 Å². The van der Waals surface area contributed by atoms with Gasteiger partial charge in [-0.05, 0) is 6.92 Å². The number of halogens is 1. The van der Waals surface area contributed by atoms with E-state index < -0.39 is 0 Å². The molecule has 1 fully saturated rings. The van der Waals surface area contributed by atoms with E-state index in [2.05, 4.69) is 20.8 Å². The minimum absolute atomic E-state index is 0.114. The summed E-state index contributed by atoms with van der Waals surface area (Å²) >= 11 is 5.59. The third-order valence-corrected chi connectivity index (χ3v) is 2.48. The number of alkyl halides is 1. The van der Waals surface area contributed by atoms with E-state index in [1.807, 2.05) is 0 Å². The summed E-state index contributed by atoms with van der Waals surface area (Å²) in [7, 11) is 0. The average Bonchev–Trinajstić information content (AvgIpc) is 1.95. The van der Waals surface area contributed by atoms with Crippen LogP contribution in [-0.2, 0) is 9.47 Å². The van der Waals surface area contributed by atoms with Gasteiger partial charge in [-0.25, -0.2) is 0 Å². The Balaban J connectivity index is 2.48. The van der Waals surface area contributed by atoms with Crippen molar-refractivity contribution in [3.05, 3.63) is 0 Å². The molecule has 11 heavy (non-hydrogen) atoms. The number of hydrogen-bond donors (Lipinski definition) is 0. The van der Waals surface area contributed by atoms with Crippen LogP contribution in [0.5, 0.6) is 0 Å². The highest BCUT2D eigenvalue weighted by molar-refractivity contribution is 6.18. The van der Waals surface area contributed by atoms with Crippen LogP contribution in [0.4, 0.5) is 0 Å². The SMILES string of the molecule is C[C@H]1O[C@@H](CCl)OCC1(C)C. The normalized spacial score (nSPS) is 37.1. The highest BCUT2D eigenvalue weighted by atomic mass is 35.5. The largest absolute Gasteiger partial charge is 0.351 e. The maximum absolute atomic E-state index is 5.59. The van der Waals surface area contributed by atoms with Crippen molar-refractivity contribution in [3.63, 3.8) is 0 Å². The second-order valence-corrected chi connectivity index (χ2v) is 3.97. The topological polar surface area (TPSA) is 18.5 Å². The maximum Gasteiger partial charge on any atom is 0.171 e. The molecule has 3 heteroatoms. The lowest BCUT2D eigenvalue weighted by molar-refractivity contribution is -0.244. The van der Waals surface area contributed by atoms with Gasteiger partial charge < -0.3 is 9.47 Å². The van der Waals surface area contributed by atoms with Gasteiger partial charge in [-0.3, -0.25) is 0 Å². The highest BCUT2D eigenvalue weighted by Gasteiger charge is 2.34. The third kappa shape index (κ3) is 2.08. The van der Waals surface area contributed by atoms with Crippen LogP contribution in [0.15, 0.2) is 0 Å². The Morgan fingerprint density at radius 2 is 2.18 bits per heavy atom. The summed E-state index contributed by atoms with van der Waals surface area (Å²) in [6.07, 6.45) is 0.0136. The van der Waals surface area contributed by atoms with Crippen molar-refractivity contribution in [2.24, 2.45) is 5.41 Å². The lowest BCUT2D eigenvalue weighted by atomic mass is 9.88. The van der Waals surface area contributed by atoms with Crippen LogP contribution in [0.3, 0.4) is 0 Å². The van der Waals surface area contributed by atoms with E-state index in [-0.39, 0.29) is 17.8 Å². The van der Waals surface area contributed by atoms with Gasteiger partial charge in [-0.1, -0.05) is 13.8 Å². The molecule has 0 N–H and O–H groups in total. The standard InChI is InChI=1S/C8H15ClO2/c1-6-8(2,3)5-10-7(4-9)11-6/h6-7H,4-5H2,1-3H3/t6-,7+/m1/s1. The van der Waals surface area contributed by atoms with Crippen LogP contribution in [0, 0.1) is 5.41 Å². The van der Waals surface area contributed by atoms with E-state index >= 15 is 0 Å². The summed E-state index contributed by atoms with van der Waals surface area (Å²) in [5, 5.41) is 0. The second-order valence-electron chi connectivity index (χ2n) is 3.66. The fourth-order valence-electron chi connectivity index (χ4n) is 0.957. The zero-order chi connectivity index (χ0) is 8.48. The summed E-state index contributed by atoms with van der Waals surface area (Å²) in [5.41, 5.74) is 0.114. The fraction of sp³-hybridized carbons (Fsp3) is 1.00. The first kappa shape index (κ1) is 9.30. The van der Waals surface area contributed by atoms with Gasteiger partial charge in [0, 0.05) is 5.41 Å². The summed E-state index contributed by atoms with van der Waals surface area (Å²) in [6, 6.07) is 0. The van der Waals surface area contributed by atoms with Crippen LogP contribution < -0.4 is 0 Å². The van der Waals surface area contributed by atoms with Crippen LogP contribution in [0.1, 0.15) is 20.8 Å². The van der Waals surface area contributed by atoms with Gasteiger partial charge in [0.2, 0.25) is 0 Å².